The lowest BCUT2D eigenvalue weighted by Crippen LogP contribution is -2.55. The molecular formula is C20H24N2O2. The maximum absolute atomic E-state index is 12.8. The molecular weight excluding hydrogens is 300 g/mol. The zero-order valence-electron chi connectivity index (χ0n) is 20.4. The summed E-state index contributed by atoms with van der Waals surface area (Å²) in [5, 5.41) is 0. The van der Waals surface area contributed by atoms with Crippen LogP contribution in [0.2, 0.25) is 0 Å². The minimum Gasteiger partial charge on any atom is -0.468 e. The maximum atomic E-state index is 12.8. The van der Waals surface area contributed by atoms with Crippen molar-refractivity contribution in [3.05, 3.63) is 71.8 Å². The molecule has 0 aliphatic carbocycles. The molecule has 0 spiro atoms. The molecule has 0 N–H and O–H groups in total. The fourth-order valence-corrected chi connectivity index (χ4v) is 2.37. The zero-order chi connectivity index (χ0) is 23.1. The summed E-state index contributed by atoms with van der Waals surface area (Å²) in [5.74, 6) is -1.31. The first-order valence-corrected chi connectivity index (χ1v) is 7.62. The van der Waals surface area contributed by atoms with Crippen molar-refractivity contribution in [1.82, 2.24) is 9.80 Å². The number of carbonyl (C=O) groups excluding carboxylic acids is 1. The smallest absolute Gasteiger partial charge is 0.324 e. The van der Waals surface area contributed by atoms with Crippen LogP contribution in [-0.4, -0.2) is 48.4 Å². The van der Waals surface area contributed by atoms with E-state index >= 15 is 0 Å². The molecule has 1 saturated heterocycles. The second-order valence-corrected chi connectivity index (χ2v) is 5.32. The SMILES string of the molecule is [2H]C1([2H])N(Cc2ccccc2)C([2H])([2H])C([2H])(C(=O)OC)N(Cc2ccccc2)C1([2H])[2H]. The van der Waals surface area contributed by atoms with Gasteiger partial charge in [0.1, 0.15) is 6.02 Å². The Bertz CT molecular complexity index is 928. The Balaban J connectivity index is 2.18. The van der Waals surface area contributed by atoms with E-state index < -0.39 is 31.5 Å². The van der Waals surface area contributed by atoms with Gasteiger partial charge >= 0.3 is 5.97 Å². The van der Waals surface area contributed by atoms with Gasteiger partial charge in [0.25, 0.3) is 0 Å². The largest absolute Gasteiger partial charge is 0.468 e. The molecule has 1 atom stereocenters. The Kier molecular flexibility index (Phi) is 3.36. The fraction of sp³-hybridized carbons (Fsp3) is 0.350. The van der Waals surface area contributed by atoms with Crippen LogP contribution in [0.25, 0.3) is 0 Å². The molecule has 0 radical (unpaired) electrons. The highest BCUT2D eigenvalue weighted by Gasteiger charge is 2.33. The van der Waals surface area contributed by atoms with Crippen LogP contribution in [0.15, 0.2) is 60.7 Å². The Hall–Kier alpha value is -2.17. The van der Waals surface area contributed by atoms with Gasteiger partial charge < -0.3 is 4.74 Å². The topological polar surface area (TPSA) is 32.8 Å². The average Bonchev–Trinajstić information content (AvgIpc) is 2.74. The minimum absolute atomic E-state index is 0.350. The van der Waals surface area contributed by atoms with Crippen molar-refractivity contribution >= 4 is 5.97 Å². The maximum Gasteiger partial charge on any atom is 0.324 e. The summed E-state index contributed by atoms with van der Waals surface area (Å²) in [5.41, 5.74) is 1.00. The molecule has 0 amide bonds. The third kappa shape index (κ3) is 4.22. The first kappa shape index (κ1) is 9.97. The molecule has 24 heavy (non-hydrogen) atoms. The number of esters is 1. The van der Waals surface area contributed by atoms with Crippen LogP contribution >= 0.6 is 0 Å². The normalized spacial score (nSPS) is 32.8. The number of rotatable bonds is 5. The van der Waals surface area contributed by atoms with Gasteiger partial charge in [-0.25, -0.2) is 0 Å². The van der Waals surface area contributed by atoms with E-state index in [-0.39, 0.29) is 13.1 Å². The van der Waals surface area contributed by atoms with Crippen molar-refractivity contribution in [2.24, 2.45) is 0 Å². The number of methoxy groups -OCH3 is 1. The predicted octanol–water partition coefficient (Wildman–Crippen LogP) is 2.55. The van der Waals surface area contributed by atoms with Gasteiger partial charge in [-0.05, 0) is 11.1 Å². The highest BCUT2D eigenvalue weighted by molar-refractivity contribution is 5.76. The summed E-state index contributed by atoms with van der Waals surface area (Å²) in [6, 6.07) is 13.9. The van der Waals surface area contributed by atoms with Crippen LogP contribution in [0.4, 0.5) is 0 Å². The van der Waals surface area contributed by atoms with Crippen LogP contribution in [0.3, 0.4) is 0 Å². The molecule has 2 aromatic carbocycles. The summed E-state index contributed by atoms with van der Waals surface area (Å²) in [6.45, 7) is -9.47. The molecule has 1 heterocycles. The molecule has 3 rings (SSSR count). The van der Waals surface area contributed by atoms with Crippen LogP contribution in [-0.2, 0) is 22.6 Å². The van der Waals surface area contributed by atoms with Crippen LogP contribution in [0.5, 0.6) is 0 Å². The Morgan fingerprint density at radius 3 is 2.25 bits per heavy atom. The Labute approximate surface area is 153 Å². The van der Waals surface area contributed by atoms with E-state index in [0.29, 0.717) is 20.9 Å². The standard InChI is InChI=1S/C20H24N2O2/c1-24-20(23)19-16-21(14-17-8-4-2-5-9-17)12-13-22(19)15-18-10-6-3-7-11-18/h2-11,19H,12-16H2,1H3/i12D2,13D2,16D2,19D. The number of carbonyl (C=O) groups is 1. The summed E-state index contributed by atoms with van der Waals surface area (Å²) < 4.78 is 65.4. The van der Waals surface area contributed by atoms with E-state index in [1.165, 1.54) is 0 Å². The fourth-order valence-electron chi connectivity index (χ4n) is 2.37. The van der Waals surface area contributed by atoms with Crippen molar-refractivity contribution in [3.8, 4) is 0 Å². The lowest BCUT2D eigenvalue weighted by molar-refractivity contribution is -0.150. The van der Waals surface area contributed by atoms with E-state index in [2.05, 4.69) is 0 Å². The highest BCUT2D eigenvalue weighted by Crippen LogP contribution is 2.17. The molecule has 1 fully saturated rings. The second kappa shape index (κ2) is 8.08. The number of hydrogen-bond acceptors (Lipinski definition) is 4. The van der Waals surface area contributed by atoms with Crippen molar-refractivity contribution in [2.75, 3.05) is 26.6 Å². The Morgan fingerprint density at radius 1 is 1.08 bits per heavy atom. The molecule has 1 unspecified atom stereocenters. The van der Waals surface area contributed by atoms with Crippen molar-refractivity contribution in [1.29, 1.82) is 0 Å². The molecule has 0 saturated carbocycles. The van der Waals surface area contributed by atoms with E-state index in [9.17, 15) is 4.79 Å². The van der Waals surface area contributed by atoms with Crippen LogP contribution in [0.1, 0.15) is 20.7 Å². The van der Waals surface area contributed by atoms with Gasteiger partial charge in [-0.3, -0.25) is 14.6 Å². The number of piperazine rings is 1. The van der Waals surface area contributed by atoms with Crippen LogP contribution < -0.4 is 0 Å². The molecule has 0 aromatic heterocycles. The van der Waals surface area contributed by atoms with E-state index in [1.807, 2.05) is 0 Å². The van der Waals surface area contributed by atoms with Crippen molar-refractivity contribution in [2.45, 2.75) is 19.1 Å². The summed E-state index contributed by atoms with van der Waals surface area (Å²) in [4.78, 5) is 14.0. The molecule has 1 aliphatic rings. The van der Waals surface area contributed by atoms with Gasteiger partial charge in [0, 0.05) is 40.8 Å². The van der Waals surface area contributed by atoms with Crippen molar-refractivity contribution in [3.63, 3.8) is 0 Å². The lowest BCUT2D eigenvalue weighted by Gasteiger charge is -2.40. The molecule has 1 aliphatic heterocycles. The van der Waals surface area contributed by atoms with Crippen LogP contribution in [0, 0.1) is 0 Å². The molecule has 0 bridgehead atoms. The highest BCUT2D eigenvalue weighted by atomic mass is 16.5. The summed E-state index contributed by atoms with van der Waals surface area (Å²) in [7, 11) is 0.996. The lowest BCUT2D eigenvalue weighted by atomic mass is 10.1. The monoisotopic (exact) mass is 331 g/mol. The van der Waals surface area contributed by atoms with Gasteiger partial charge in [-0.2, -0.15) is 0 Å². The summed E-state index contributed by atoms with van der Waals surface area (Å²) >= 11 is 0. The molecule has 2 aromatic rings. The number of hydrogen-bond donors (Lipinski definition) is 0. The second-order valence-electron chi connectivity index (χ2n) is 5.32. The van der Waals surface area contributed by atoms with Crippen molar-refractivity contribution < 1.29 is 19.1 Å². The minimum atomic E-state index is -2.94. The Morgan fingerprint density at radius 2 is 1.67 bits per heavy atom. The average molecular weight is 331 g/mol. The third-order valence-electron chi connectivity index (χ3n) is 3.58. The van der Waals surface area contributed by atoms with E-state index in [0.717, 1.165) is 7.11 Å². The number of ether oxygens (including phenoxy) is 1. The molecule has 126 valence electrons. The summed E-state index contributed by atoms with van der Waals surface area (Å²) in [6.07, 6.45) is 0. The first-order chi connectivity index (χ1) is 14.4. The first-order valence-electron chi connectivity index (χ1n) is 11.1. The third-order valence-corrected chi connectivity index (χ3v) is 3.58. The zero-order valence-corrected chi connectivity index (χ0v) is 13.4. The number of benzene rings is 2. The van der Waals surface area contributed by atoms with Gasteiger partial charge in [0.2, 0.25) is 0 Å². The van der Waals surface area contributed by atoms with Gasteiger partial charge in [0.15, 0.2) is 0 Å². The van der Waals surface area contributed by atoms with Gasteiger partial charge in [-0.15, -0.1) is 0 Å². The molecule has 4 heteroatoms. The predicted molar refractivity (Wildman–Crippen MR) is 94.4 cm³/mol. The van der Waals surface area contributed by atoms with E-state index in [4.69, 9.17) is 14.3 Å². The quantitative estimate of drug-likeness (QED) is 0.788. The van der Waals surface area contributed by atoms with E-state index in [1.54, 1.807) is 60.7 Å². The van der Waals surface area contributed by atoms with Gasteiger partial charge in [-0.1, -0.05) is 60.7 Å². The number of nitrogens with zero attached hydrogens (tertiary/aromatic N) is 2. The molecule has 4 nitrogen and oxygen atoms in total. The van der Waals surface area contributed by atoms with Gasteiger partial charge in [0.05, 0.1) is 8.48 Å².